The Morgan fingerprint density at radius 1 is 0.282 bits per heavy atom. The Morgan fingerprint density at radius 3 is 1.44 bits per heavy atom. The quantitative estimate of drug-likeness (QED) is 0.164. The van der Waals surface area contributed by atoms with Crippen LogP contribution >= 0.6 is 0 Å². The van der Waals surface area contributed by atoms with Crippen molar-refractivity contribution >= 4 is 79.0 Å². The molecule has 0 N–H and O–H groups in total. The number of para-hydroxylation sites is 2. The van der Waals surface area contributed by atoms with Crippen LogP contribution in [0.5, 0.6) is 11.5 Å². The van der Waals surface area contributed by atoms with Crippen molar-refractivity contribution < 1.29 is 4.74 Å². The molecule has 3 aliphatic rings. The smallest absolute Gasteiger partial charge is 0.252 e. The molecule has 0 aliphatic carbocycles. The SMILES string of the molecule is c1ccc(-c2ccc(N3c4ccc(-c5ccccc5)cc4B4c5ccc6cc5N(c5cccc(c5)-c5cccc(c5)Oc5cccc-6c5)c5cc(-n6c7ccccc7c7ccccc76)cc3c54)cc2)cc1. The van der Waals surface area contributed by atoms with E-state index in [9.17, 15) is 0 Å². The lowest BCUT2D eigenvalue weighted by atomic mass is 9.33. The average molecular weight is 904 g/mol. The van der Waals surface area contributed by atoms with Gasteiger partial charge in [0.2, 0.25) is 0 Å². The summed E-state index contributed by atoms with van der Waals surface area (Å²) < 4.78 is 9.06. The van der Waals surface area contributed by atoms with E-state index in [1.807, 2.05) is 12.1 Å². The van der Waals surface area contributed by atoms with Gasteiger partial charge in [-0.25, -0.2) is 0 Å². The molecule has 0 fully saturated rings. The van der Waals surface area contributed by atoms with Gasteiger partial charge in [-0.2, -0.15) is 0 Å². The second kappa shape index (κ2) is 15.6. The van der Waals surface area contributed by atoms with Gasteiger partial charge in [0.05, 0.1) is 16.7 Å². The van der Waals surface area contributed by atoms with Crippen LogP contribution < -0.4 is 30.9 Å². The number of rotatable bonds is 4. The van der Waals surface area contributed by atoms with Crippen molar-refractivity contribution in [3.63, 3.8) is 0 Å². The van der Waals surface area contributed by atoms with E-state index in [1.165, 1.54) is 60.4 Å². The molecular formula is C66H42BN3O. The van der Waals surface area contributed by atoms with Crippen molar-refractivity contribution in [3.8, 4) is 61.7 Å². The topological polar surface area (TPSA) is 20.6 Å². The Balaban J connectivity index is 1.07. The monoisotopic (exact) mass is 903 g/mol. The number of anilines is 6. The maximum Gasteiger partial charge on any atom is 0.252 e. The van der Waals surface area contributed by atoms with Gasteiger partial charge in [-0.05, 0) is 146 Å². The summed E-state index contributed by atoms with van der Waals surface area (Å²) in [6.45, 7) is -0.0978. The van der Waals surface area contributed by atoms with Crippen molar-refractivity contribution in [2.45, 2.75) is 0 Å². The summed E-state index contributed by atoms with van der Waals surface area (Å²) >= 11 is 0. The molecule has 12 aromatic rings. The number of aromatic nitrogens is 1. The molecule has 0 radical (unpaired) electrons. The molecule has 3 aliphatic heterocycles. The van der Waals surface area contributed by atoms with Gasteiger partial charge in [0.1, 0.15) is 11.5 Å². The summed E-state index contributed by atoms with van der Waals surface area (Å²) in [7, 11) is 0. The van der Waals surface area contributed by atoms with E-state index in [4.69, 9.17) is 4.74 Å². The van der Waals surface area contributed by atoms with Crippen molar-refractivity contribution in [1.82, 2.24) is 4.57 Å². The van der Waals surface area contributed by atoms with Gasteiger partial charge in [-0.1, -0.05) is 170 Å². The highest BCUT2D eigenvalue weighted by atomic mass is 16.5. The van der Waals surface area contributed by atoms with Crippen molar-refractivity contribution in [2.75, 3.05) is 9.80 Å². The second-order valence-electron chi connectivity index (χ2n) is 18.9. The Hall–Kier alpha value is -9.32. The largest absolute Gasteiger partial charge is 0.457 e. The van der Waals surface area contributed by atoms with Crippen molar-refractivity contribution in [3.05, 3.63) is 255 Å². The van der Waals surface area contributed by atoms with E-state index in [-0.39, 0.29) is 6.71 Å². The molecule has 5 heteroatoms. The normalized spacial score (nSPS) is 12.8. The zero-order valence-electron chi connectivity index (χ0n) is 38.6. The highest BCUT2D eigenvalue weighted by Gasteiger charge is 2.44. The van der Waals surface area contributed by atoms with Crippen LogP contribution in [0.1, 0.15) is 0 Å². The predicted molar refractivity (Wildman–Crippen MR) is 297 cm³/mol. The molecule has 15 rings (SSSR count). The standard InChI is InChI=1S/C66H42BN3O/c1-3-14-43(15-4-1)45-28-32-51(33-29-45)68-62-35-31-49(44-16-5-2-6-17-44)39-59(62)67-58-34-30-50-40-63(58)69(52-21-11-18-46(36-52)47-19-12-22-54(37-47)71-55-23-13-20-48(50)38-55)65-42-53(41-64(68)66(65)67)70-60-26-9-7-24-56(60)57-25-8-10-27-61(57)70/h1-42H. The van der Waals surface area contributed by atoms with E-state index >= 15 is 0 Å². The first-order chi connectivity index (χ1) is 35.2. The lowest BCUT2D eigenvalue weighted by Crippen LogP contribution is -2.61. The Bertz CT molecular complexity index is 4050. The summed E-state index contributed by atoms with van der Waals surface area (Å²) in [5.41, 5.74) is 23.2. The van der Waals surface area contributed by atoms with Crippen molar-refractivity contribution in [1.29, 1.82) is 0 Å². The van der Waals surface area contributed by atoms with E-state index < -0.39 is 0 Å². The first kappa shape index (κ1) is 39.7. The lowest BCUT2D eigenvalue weighted by molar-refractivity contribution is 0.483. The number of nitrogens with zero attached hydrogens (tertiary/aromatic N) is 3. The fourth-order valence-corrected chi connectivity index (χ4v) is 11.7. The number of hydrogen-bond donors (Lipinski definition) is 0. The number of benzene rings is 11. The van der Waals surface area contributed by atoms with E-state index in [0.29, 0.717) is 0 Å². The van der Waals surface area contributed by atoms with E-state index in [1.54, 1.807) is 0 Å². The van der Waals surface area contributed by atoms with Gasteiger partial charge in [0, 0.05) is 44.9 Å². The second-order valence-corrected chi connectivity index (χ2v) is 18.9. The van der Waals surface area contributed by atoms with Gasteiger partial charge in [0.15, 0.2) is 0 Å². The fourth-order valence-electron chi connectivity index (χ4n) is 11.7. The van der Waals surface area contributed by atoms with Crippen LogP contribution in [0.15, 0.2) is 255 Å². The number of fused-ring (bicyclic) bond motifs is 17. The summed E-state index contributed by atoms with van der Waals surface area (Å²) in [5, 5.41) is 2.46. The van der Waals surface area contributed by atoms with Gasteiger partial charge < -0.3 is 19.1 Å². The summed E-state index contributed by atoms with van der Waals surface area (Å²) in [4.78, 5) is 5.08. The molecule has 1 aromatic heterocycles. The minimum absolute atomic E-state index is 0.0978. The average Bonchev–Trinajstić information content (AvgIpc) is 3.77. The van der Waals surface area contributed by atoms with Gasteiger partial charge in [-0.15, -0.1) is 0 Å². The van der Waals surface area contributed by atoms with Crippen LogP contribution in [0.4, 0.5) is 34.1 Å². The molecule has 0 amide bonds. The zero-order chi connectivity index (χ0) is 46.6. The summed E-state index contributed by atoms with van der Waals surface area (Å²) in [6.07, 6.45) is 0. The molecule has 0 atom stereocenters. The lowest BCUT2D eigenvalue weighted by Gasteiger charge is -2.44. The van der Waals surface area contributed by atoms with Crippen LogP contribution in [0.3, 0.4) is 0 Å². The zero-order valence-corrected chi connectivity index (χ0v) is 38.6. The minimum Gasteiger partial charge on any atom is -0.457 e. The number of hydrogen-bond acceptors (Lipinski definition) is 3. The Kier molecular flexibility index (Phi) is 8.72. The first-order valence-electron chi connectivity index (χ1n) is 24.4. The van der Waals surface area contributed by atoms with Gasteiger partial charge in [-0.3, -0.25) is 0 Å². The van der Waals surface area contributed by atoms with Crippen molar-refractivity contribution in [2.24, 2.45) is 0 Å². The molecule has 0 unspecified atom stereocenters. The molecule has 0 saturated carbocycles. The maximum atomic E-state index is 6.58. The maximum absolute atomic E-state index is 6.58. The molecule has 330 valence electrons. The van der Waals surface area contributed by atoms with Crippen LogP contribution in [-0.2, 0) is 0 Å². The molecule has 71 heavy (non-hydrogen) atoms. The summed E-state index contributed by atoms with van der Waals surface area (Å²) in [5.74, 6) is 1.61. The van der Waals surface area contributed by atoms with Crippen LogP contribution in [-0.4, -0.2) is 11.3 Å². The third-order valence-corrected chi connectivity index (χ3v) is 14.9. The molecular weight excluding hydrogens is 862 g/mol. The molecule has 0 spiro atoms. The van der Waals surface area contributed by atoms with Crippen LogP contribution in [0, 0.1) is 0 Å². The molecule has 0 saturated heterocycles. The Morgan fingerprint density at radius 2 is 0.775 bits per heavy atom. The Labute approximate surface area is 412 Å². The first-order valence-corrected chi connectivity index (χ1v) is 24.4. The van der Waals surface area contributed by atoms with Crippen LogP contribution in [0.25, 0.3) is 72.0 Å². The number of ether oxygens (including phenoxy) is 1. The van der Waals surface area contributed by atoms with E-state index in [2.05, 4.69) is 257 Å². The predicted octanol–water partition coefficient (Wildman–Crippen LogP) is 15.6. The van der Waals surface area contributed by atoms with Gasteiger partial charge >= 0.3 is 0 Å². The summed E-state index contributed by atoms with van der Waals surface area (Å²) in [6, 6.07) is 93.5. The molecule has 4 heterocycles. The minimum atomic E-state index is -0.0978. The molecule has 11 aromatic carbocycles. The third kappa shape index (κ3) is 6.26. The highest BCUT2D eigenvalue weighted by molar-refractivity contribution is 7.00. The third-order valence-electron chi connectivity index (χ3n) is 14.9. The van der Waals surface area contributed by atoms with Gasteiger partial charge in [0.25, 0.3) is 6.71 Å². The highest BCUT2D eigenvalue weighted by Crippen LogP contribution is 2.48. The van der Waals surface area contributed by atoms with E-state index in [0.717, 1.165) is 73.6 Å². The van der Waals surface area contributed by atoms with Crippen LogP contribution in [0.2, 0.25) is 0 Å². The molecule has 4 nitrogen and oxygen atoms in total. The molecule has 8 bridgehead atoms. The fraction of sp³-hybridized carbons (Fsp3) is 0.